The molecule has 0 radical (unpaired) electrons. The first kappa shape index (κ1) is 20.3. The quantitative estimate of drug-likeness (QED) is 0.426. The van der Waals surface area contributed by atoms with Gasteiger partial charge in [-0.2, -0.15) is 0 Å². The molecule has 0 aliphatic carbocycles. The maximum atomic E-state index is 13.0. The van der Waals surface area contributed by atoms with E-state index in [0.717, 1.165) is 47.2 Å². The molecule has 1 fully saturated rings. The average Bonchev–Trinajstić information content (AvgIpc) is 3.46. The fraction of sp³-hybridized carbons (Fsp3) is 0.259. The first-order chi connectivity index (χ1) is 15.6. The van der Waals surface area contributed by atoms with Gasteiger partial charge in [-0.05, 0) is 53.8 Å². The van der Waals surface area contributed by atoms with E-state index in [0.29, 0.717) is 12.3 Å². The molecular weight excluding hydrogens is 398 g/mol. The van der Waals surface area contributed by atoms with Crippen LogP contribution in [0.5, 0.6) is 0 Å². The molecule has 5 nitrogen and oxygen atoms in total. The molecule has 5 heteroatoms. The van der Waals surface area contributed by atoms with Crippen molar-refractivity contribution in [3.05, 3.63) is 84.3 Å². The number of amides is 1. The van der Waals surface area contributed by atoms with Gasteiger partial charge in [0.05, 0.1) is 6.42 Å². The minimum atomic E-state index is -0.0959. The van der Waals surface area contributed by atoms with Crippen molar-refractivity contribution in [3.8, 4) is 11.1 Å². The monoisotopic (exact) mass is 425 g/mol. The molecule has 0 bridgehead atoms. The van der Waals surface area contributed by atoms with E-state index in [1.54, 1.807) is 0 Å². The zero-order chi connectivity index (χ0) is 22.1. The van der Waals surface area contributed by atoms with Gasteiger partial charge < -0.3 is 14.2 Å². The number of benzene rings is 3. The summed E-state index contributed by atoms with van der Waals surface area (Å²) in [6, 6.07) is 24.4. The third-order valence-electron chi connectivity index (χ3n) is 6.18. The molecule has 0 spiro atoms. The summed E-state index contributed by atoms with van der Waals surface area (Å²) >= 11 is 0. The van der Waals surface area contributed by atoms with Gasteiger partial charge in [0.15, 0.2) is 5.58 Å². The smallest absolute Gasteiger partial charge is 0.227 e. The molecule has 1 amide bonds. The molecule has 0 N–H and O–H groups in total. The van der Waals surface area contributed by atoms with Crippen molar-refractivity contribution >= 4 is 22.7 Å². The van der Waals surface area contributed by atoms with Crippen LogP contribution < -0.4 is 4.90 Å². The number of anilines is 1. The number of fused-ring (bicyclic) bond motifs is 1. The van der Waals surface area contributed by atoms with E-state index in [1.807, 2.05) is 55.4 Å². The van der Waals surface area contributed by atoms with E-state index >= 15 is 0 Å². The molecule has 1 unspecified atom stereocenters. The summed E-state index contributed by atoms with van der Waals surface area (Å²) in [7, 11) is 4.07. The predicted molar refractivity (Wildman–Crippen MR) is 128 cm³/mol. The van der Waals surface area contributed by atoms with E-state index in [9.17, 15) is 4.79 Å². The van der Waals surface area contributed by atoms with Crippen molar-refractivity contribution in [3.63, 3.8) is 0 Å². The number of aromatic nitrogens is 1. The van der Waals surface area contributed by atoms with Gasteiger partial charge in [-0.1, -0.05) is 48.5 Å². The van der Waals surface area contributed by atoms with Crippen molar-refractivity contribution in [2.75, 3.05) is 25.5 Å². The highest BCUT2D eigenvalue weighted by Gasteiger charge is 2.33. The minimum Gasteiger partial charge on any atom is -0.438 e. The van der Waals surface area contributed by atoms with Gasteiger partial charge in [0, 0.05) is 26.3 Å². The number of oxazole rings is 1. The van der Waals surface area contributed by atoms with Crippen molar-refractivity contribution in [1.82, 2.24) is 9.88 Å². The van der Waals surface area contributed by atoms with Crippen LogP contribution in [0.3, 0.4) is 0 Å². The van der Waals surface area contributed by atoms with Crippen LogP contribution in [-0.2, 0) is 11.2 Å². The molecule has 3 aromatic carbocycles. The number of likely N-dealkylation sites (tertiary alicyclic amines) is 1. The number of hydrogen-bond acceptors (Lipinski definition) is 4. The number of carbonyl (C=O) groups excluding carboxylic acids is 1. The van der Waals surface area contributed by atoms with Crippen LogP contribution >= 0.6 is 0 Å². The molecule has 1 aliphatic rings. The Morgan fingerprint density at radius 3 is 2.53 bits per heavy atom. The lowest BCUT2D eigenvalue weighted by molar-refractivity contribution is -0.131. The lowest BCUT2D eigenvalue weighted by Gasteiger charge is -2.22. The fourth-order valence-electron chi connectivity index (χ4n) is 4.41. The van der Waals surface area contributed by atoms with Crippen LogP contribution in [0, 0.1) is 0 Å². The van der Waals surface area contributed by atoms with Crippen LogP contribution in [-0.4, -0.2) is 36.4 Å². The maximum Gasteiger partial charge on any atom is 0.227 e. The Kier molecular flexibility index (Phi) is 5.39. The number of hydrogen-bond donors (Lipinski definition) is 0. The van der Waals surface area contributed by atoms with E-state index < -0.39 is 0 Å². The van der Waals surface area contributed by atoms with Crippen LogP contribution in [0.25, 0.3) is 22.2 Å². The summed E-state index contributed by atoms with van der Waals surface area (Å²) in [6.45, 7) is 0.749. The second kappa shape index (κ2) is 8.50. The summed E-state index contributed by atoms with van der Waals surface area (Å²) in [6.07, 6.45) is 2.25. The van der Waals surface area contributed by atoms with Gasteiger partial charge in [-0.25, -0.2) is 4.98 Å². The minimum absolute atomic E-state index is 0.0959. The van der Waals surface area contributed by atoms with Crippen LogP contribution in [0.4, 0.5) is 5.69 Å². The second-order valence-corrected chi connectivity index (χ2v) is 8.58. The molecule has 32 heavy (non-hydrogen) atoms. The van der Waals surface area contributed by atoms with Crippen molar-refractivity contribution in [2.24, 2.45) is 0 Å². The molecule has 5 rings (SSSR count). The first-order valence-electron chi connectivity index (χ1n) is 11.1. The SMILES string of the molecule is CN(C)c1ccc(-c2ccc3oc(C4CCCN4C(=O)Cc4ccccc4)nc3c2)cc1. The van der Waals surface area contributed by atoms with Crippen LogP contribution in [0.2, 0.25) is 0 Å². The largest absolute Gasteiger partial charge is 0.438 e. The van der Waals surface area contributed by atoms with Gasteiger partial charge in [0.1, 0.15) is 11.6 Å². The first-order valence-corrected chi connectivity index (χ1v) is 11.1. The lowest BCUT2D eigenvalue weighted by atomic mass is 10.0. The highest BCUT2D eigenvalue weighted by molar-refractivity contribution is 5.82. The fourth-order valence-corrected chi connectivity index (χ4v) is 4.41. The average molecular weight is 426 g/mol. The summed E-state index contributed by atoms with van der Waals surface area (Å²) in [5, 5.41) is 0. The molecule has 2 heterocycles. The number of carbonyl (C=O) groups is 1. The number of nitrogens with zero attached hydrogens (tertiary/aromatic N) is 3. The maximum absolute atomic E-state index is 13.0. The van der Waals surface area contributed by atoms with Crippen molar-refractivity contribution < 1.29 is 9.21 Å². The van der Waals surface area contributed by atoms with E-state index in [-0.39, 0.29) is 11.9 Å². The van der Waals surface area contributed by atoms with E-state index in [2.05, 4.69) is 41.3 Å². The number of rotatable bonds is 5. The van der Waals surface area contributed by atoms with Gasteiger partial charge in [-0.15, -0.1) is 0 Å². The van der Waals surface area contributed by atoms with Gasteiger partial charge in [0.25, 0.3) is 0 Å². The summed E-state index contributed by atoms with van der Waals surface area (Å²) < 4.78 is 6.11. The lowest BCUT2D eigenvalue weighted by Crippen LogP contribution is -2.32. The Morgan fingerprint density at radius 2 is 1.78 bits per heavy atom. The predicted octanol–water partition coefficient (Wildman–Crippen LogP) is 5.47. The standard InChI is InChI=1S/C27H27N3O2/c1-29(2)22-13-10-20(11-14-22)21-12-15-25-23(18-21)28-27(32-25)24-9-6-16-30(24)26(31)17-19-7-4-3-5-8-19/h3-5,7-8,10-15,18,24H,6,9,16-17H2,1-2H3. The molecular formula is C27H27N3O2. The Hall–Kier alpha value is -3.60. The van der Waals surface area contributed by atoms with E-state index in [4.69, 9.17) is 9.40 Å². The van der Waals surface area contributed by atoms with Crippen LogP contribution in [0.1, 0.15) is 30.3 Å². The molecule has 162 valence electrons. The Bertz CT molecular complexity index is 1230. The van der Waals surface area contributed by atoms with Crippen molar-refractivity contribution in [2.45, 2.75) is 25.3 Å². The normalized spacial score (nSPS) is 15.9. The summed E-state index contributed by atoms with van der Waals surface area (Å²) in [4.78, 5) is 21.8. The third kappa shape index (κ3) is 3.98. The summed E-state index contributed by atoms with van der Waals surface area (Å²) in [5.74, 6) is 0.765. The van der Waals surface area contributed by atoms with E-state index in [1.165, 1.54) is 5.69 Å². The molecule has 1 aliphatic heterocycles. The van der Waals surface area contributed by atoms with Crippen LogP contribution in [0.15, 0.2) is 77.2 Å². The van der Waals surface area contributed by atoms with Crippen molar-refractivity contribution in [1.29, 1.82) is 0 Å². The zero-order valence-electron chi connectivity index (χ0n) is 18.5. The highest BCUT2D eigenvalue weighted by atomic mass is 16.3. The Labute approximate surface area is 188 Å². The van der Waals surface area contributed by atoms with Gasteiger partial charge in [-0.3, -0.25) is 4.79 Å². The molecule has 1 aromatic heterocycles. The van der Waals surface area contributed by atoms with Gasteiger partial charge in [0.2, 0.25) is 11.8 Å². The summed E-state index contributed by atoms with van der Waals surface area (Å²) in [5.41, 5.74) is 6.03. The molecule has 1 atom stereocenters. The van der Waals surface area contributed by atoms with Gasteiger partial charge >= 0.3 is 0 Å². The Morgan fingerprint density at radius 1 is 1.03 bits per heavy atom. The molecule has 1 saturated heterocycles. The topological polar surface area (TPSA) is 49.6 Å². The Balaban J connectivity index is 1.38. The molecule has 4 aromatic rings. The molecule has 0 saturated carbocycles. The highest BCUT2D eigenvalue weighted by Crippen LogP contribution is 2.35. The second-order valence-electron chi connectivity index (χ2n) is 8.58. The zero-order valence-corrected chi connectivity index (χ0v) is 18.5. The third-order valence-corrected chi connectivity index (χ3v) is 6.18.